The average Bonchev–Trinajstić information content (AvgIpc) is 2.36. The van der Waals surface area contributed by atoms with Crippen LogP contribution in [0.4, 0.5) is 13.2 Å². The van der Waals surface area contributed by atoms with Crippen molar-refractivity contribution >= 4 is 5.97 Å². The minimum absolute atomic E-state index is 0.109. The molecule has 0 N–H and O–H groups in total. The summed E-state index contributed by atoms with van der Waals surface area (Å²) in [5.41, 5.74) is -0.267. The number of halogens is 3. The number of hydrogen-bond donors (Lipinski definition) is 0. The number of carbonyl (C=O) groups excluding carboxylic acids is 1. The zero-order chi connectivity index (χ0) is 14.6. The number of benzene rings is 1. The molecule has 106 valence electrons. The normalized spacial score (nSPS) is 12.7. The molecule has 19 heavy (non-hydrogen) atoms. The van der Waals surface area contributed by atoms with Gasteiger partial charge in [0, 0.05) is 0 Å². The predicted molar refractivity (Wildman–Crippen MR) is 60.4 cm³/mol. The molecule has 0 aliphatic heterocycles. The van der Waals surface area contributed by atoms with E-state index in [-0.39, 0.29) is 17.1 Å². The molecule has 1 aromatic carbocycles. The van der Waals surface area contributed by atoms with Crippen LogP contribution in [0.5, 0.6) is 11.5 Å². The Morgan fingerprint density at radius 1 is 1.11 bits per heavy atom. The molecular formula is C12H13F3O4. The highest BCUT2D eigenvalue weighted by molar-refractivity contribution is 5.79. The summed E-state index contributed by atoms with van der Waals surface area (Å²) in [6.07, 6.45) is -4.74. The second-order valence-electron chi connectivity index (χ2n) is 3.61. The zero-order valence-electron chi connectivity index (χ0n) is 10.6. The summed E-state index contributed by atoms with van der Waals surface area (Å²) in [6, 6.07) is 3.56. The highest BCUT2D eigenvalue weighted by atomic mass is 19.4. The summed E-state index contributed by atoms with van der Waals surface area (Å²) in [7, 11) is 3.56. The van der Waals surface area contributed by atoms with Crippen LogP contribution >= 0.6 is 0 Å². The van der Waals surface area contributed by atoms with Crippen LogP contribution in [0.15, 0.2) is 18.2 Å². The molecule has 0 radical (unpaired) electrons. The molecule has 1 unspecified atom stereocenters. The van der Waals surface area contributed by atoms with Gasteiger partial charge in [-0.1, -0.05) is 6.07 Å². The van der Waals surface area contributed by atoms with Gasteiger partial charge in [-0.3, -0.25) is 4.79 Å². The molecule has 0 aromatic heterocycles. The van der Waals surface area contributed by atoms with Crippen LogP contribution in [-0.2, 0) is 9.53 Å². The van der Waals surface area contributed by atoms with Gasteiger partial charge in [0.15, 0.2) is 17.4 Å². The molecule has 0 saturated carbocycles. The lowest BCUT2D eigenvalue weighted by Gasteiger charge is -2.19. The first-order valence-electron chi connectivity index (χ1n) is 5.21. The van der Waals surface area contributed by atoms with Crippen molar-refractivity contribution < 1.29 is 32.2 Å². The van der Waals surface area contributed by atoms with Crippen molar-refractivity contribution in [2.24, 2.45) is 0 Å². The third-order valence-corrected chi connectivity index (χ3v) is 2.51. The van der Waals surface area contributed by atoms with E-state index in [4.69, 9.17) is 9.47 Å². The summed E-state index contributed by atoms with van der Waals surface area (Å²) in [4.78, 5) is 11.3. The molecule has 0 amide bonds. The van der Waals surface area contributed by atoms with E-state index in [9.17, 15) is 18.0 Å². The molecule has 4 nitrogen and oxygen atoms in total. The number of ether oxygens (including phenoxy) is 3. The third kappa shape index (κ3) is 3.30. The molecule has 0 aliphatic carbocycles. The summed E-state index contributed by atoms with van der Waals surface area (Å²) in [5.74, 6) is -3.34. The number of carbonyl (C=O) groups is 1. The van der Waals surface area contributed by atoms with Gasteiger partial charge >= 0.3 is 12.1 Å². The molecule has 0 bridgehead atoms. The van der Waals surface area contributed by atoms with E-state index in [0.717, 1.165) is 19.2 Å². The predicted octanol–water partition coefficient (Wildman–Crippen LogP) is 2.52. The molecule has 0 saturated heterocycles. The van der Waals surface area contributed by atoms with Crippen molar-refractivity contribution in [1.82, 2.24) is 0 Å². The Balaban J connectivity index is 3.28. The van der Waals surface area contributed by atoms with Crippen LogP contribution < -0.4 is 9.47 Å². The van der Waals surface area contributed by atoms with E-state index in [0.29, 0.717) is 0 Å². The van der Waals surface area contributed by atoms with Crippen molar-refractivity contribution in [3.8, 4) is 11.5 Å². The van der Waals surface area contributed by atoms with Gasteiger partial charge in [-0.15, -0.1) is 0 Å². The van der Waals surface area contributed by atoms with Crippen molar-refractivity contribution in [1.29, 1.82) is 0 Å². The lowest BCUT2D eigenvalue weighted by molar-refractivity contribution is -0.179. The zero-order valence-corrected chi connectivity index (χ0v) is 10.6. The molecule has 1 atom stereocenters. The van der Waals surface area contributed by atoms with E-state index >= 15 is 0 Å². The van der Waals surface area contributed by atoms with Gasteiger partial charge in [0.05, 0.1) is 21.3 Å². The first kappa shape index (κ1) is 15.1. The lowest BCUT2D eigenvalue weighted by atomic mass is 9.98. The average molecular weight is 278 g/mol. The Hall–Kier alpha value is -1.92. The number of rotatable bonds is 4. The standard InChI is InChI=1S/C12H13F3O4/c1-17-8-5-4-7(6-9(8)18-2)10(11(16)19-3)12(13,14)15/h4-6,10H,1-3H3. The first-order valence-corrected chi connectivity index (χ1v) is 5.21. The van der Waals surface area contributed by atoms with Crippen LogP contribution in [0.2, 0.25) is 0 Å². The van der Waals surface area contributed by atoms with E-state index < -0.39 is 18.1 Å². The van der Waals surface area contributed by atoms with Crippen molar-refractivity contribution in [3.63, 3.8) is 0 Å². The maximum atomic E-state index is 12.9. The van der Waals surface area contributed by atoms with Gasteiger partial charge in [0.25, 0.3) is 0 Å². The van der Waals surface area contributed by atoms with Gasteiger partial charge in [0.2, 0.25) is 0 Å². The quantitative estimate of drug-likeness (QED) is 0.794. The van der Waals surface area contributed by atoms with Gasteiger partial charge in [-0.25, -0.2) is 0 Å². The Kier molecular flexibility index (Phi) is 4.63. The largest absolute Gasteiger partial charge is 0.493 e. The summed E-state index contributed by atoms with van der Waals surface area (Å²) in [6.45, 7) is 0. The first-order chi connectivity index (χ1) is 8.85. The monoisotopic (exact) mass is 278 g/mol. The SMILES string of the molecule is COC(=O)C(c1ccc(OC)c(OC)c1)C(F)(F)F. The highest BCUT2D eigenvalue weighted by Gasteiger charge is 2.47. The Morgan fingerprint density at radius 2 is 1.68 bits per heavy atom. The molecule has 1 aromatic rings. The second kappa shape index (κ2) is 5.81. The summed E-state index contributed by atoms with van der Waals surface area (Å²) >= 11 is 0. The second-order valence-corrected chi connectivity index (χ2v) is 3.61. The van der Waals surface area contributed by atoms with Gasteiger partial charge < -0.3 is 14.2 Å². The highest BCUT2D eigenvalue weighted by Crippen LogP contribution is 2.39. The fraction of sp³-hybridized carbons (Fsp3) is 0.417. The molecule has 0 spiro atoms. The van der Waals surface area contributed by atoms with Crippen LogP contribution in [0.1, 0.15) is 11.5 Å². The molecule has 0 aliphatic rings. The fourth-order valence-electron chi connectivity index (χ4n) is 1.61. The van der Waals surface area contributed by atoms with Crippen LogP contribution in [-0.4, -0.2) is 33.5 Å². The summed E-state index contributed by atoms with van der Waals surface area (Å²) in [5, 5.41) is 0. The molecule has 7 heteroatoms. The smallest absolute Gasteiger partial charge is 0.406 e. The van der Waals surface area contributed by atoms with E-state index in [1.165, 1.54) is 20.3 Å². The van der Waals surface area contributed by atoms with Gasteiger partial charge in [-0.2, -0.15) is 13.2 Å². The van der Waals surface area contributed by atoms with Gasteiger partial charge in [0.1, 0.15) is 0 Å². The number of methoxy groups -OCH3 is 3. The van der Waals surface area contributed by atoms with E-state index in [1.807, 2.05) is 0 Å². The fourth-order valence-corrected chi connectivity index (χ4v) is 1.61. The van der Waals surface area contributed by atoms with Gasteiger partial charge in [-0.05, 0) is 17.7 Å². The van der Waals surface area contributed by atoms with Crippen molar-refractivity contribution in [3.05, 3.63) is 23.8 Å². The maximum absolute atomic E-state index is 12.9. The Bertz CT molecular complexity index is 457. The Labute approximate surface area is 108 Å². The number of hydrogen-bond acceptors (Lipinski definition) is 4. The van der Waals surface area contributed by atoms with Crippen LogP contribution in [0.3, 0.4) is 0 Å². The van der Waals surface area contributed by atoms with Crippen LogP contribution in [0, 0.1) is 0 Å². The topological polar surface area (TPSA) is 44.8 Å². The molecule has 1 rings (SSSR count). The number of esters is 1. The van der Waals surface area contributed by atoms with E-state index in [1.54, 1.807) is 0 Å². The summed E-state index contributed by atoms with van der Waals surface area (Å²) < 4.78 is 52.7. The lowest BCUT2D eigenvalue weighted by Crippen LogP contribution is -2.29. The van der Waals surface area contributed by atoms with Crippen LogP contribution in [0.25, 0.3) is 0 Å². The molecule has 0 fully saturated rings. The maximum Gasteiger partial charge on any atom is 0.406 e. The number of alkyl halides is 3. The minimum Gasteiger partial charge on any atom is -0.493 e. The Morgan fingerprint density at radius 3 is 2.11 bits per heavy atom. The van der Waals surface area contributed by atoms with E-state index in [2.05, 4.69) is 4.74 Å². The van der Waals surface area contributed by atoms with Crippen molar-refractivity contribution in [2.75, 3.05) is 21.3 Å². The molecular weight excluding hydrogens is 265 g/mol. The molecule has 0 heterocycles. The van der Waals surface area contributed by atoms with Crippen molar-refractivity contribution in [2.45, 2.75) is 12.1 Å². The third-order valence-electron chi connectivity index (χ3n) is 2.51. The minimum atomic E-state index is -4.74.